The van der Waals surface area contributed by atoms with E-state index in [1.165, 1.54) is 12.4 Å². The molecule has 0 aromatic carbocycles. The minimum Gasteiger partial charge on any atom is -0.342 e. The van der Waals surface area contributed by atoms with Crippen molar-refractivity contribution in [2.75, 3.05) is 26.2 Å². The molecule has 1 spiro atoms. The van der Waals surface area contributed by atoms with E-state index in [1.807, 2.05) is 4.90 Å². The molecular formula is C13H16N4O2. The third-order valence-electron chi connectivity index (χ3n) is 4.01. The van der Waals surface area contributed by atoms with Gasteiger partial charge in [-0.1, -0.05) is 0 Å². The molecule has 0 aliphatic carbocycles. The van der Waals surface area contributed by atoms with Crippen molar-refractivity contribution in [2.24, 2.45) is 5.41 Å². The Balaban J connectivity index is 1.62. The van der Waals surface area contributed by atoms with Crippen LogP contribution in [0.5, 0.6) is 0 Å². The molecule has 2 fully saturated rings. The van der Waals surface area contributed by atoms with Gasteiger partial charge in [0.1, 0.15) is 5.69 Å². The normalized spacial score (nSPS) is 20.5. The predicted octanol–water partition coefficient (Wildman–Crippen LogP) is 0.171. The lowest BCUT2D eigenvalue weighted by Crippen LogP contribution is -2.59. The van der Waals surface area contributed by atoms with Crippen molar-refractivity contribution in [1.82, 2.24) is 19.8 Å². The maximum atomic E-state index is 12.1. The molecule has 3 rings (SSSR count). The fraction of sp³-hybridized carbons (Fsp3) is 0.538. The summed E-state index contributed by atoms with van der Waals surface area (Å²) in [5.74, 6) is 0.0515. The van der Waals surface area contributed by atoms with Crippen LogP contribution in [0.1, 0.15) is 23.8 Å². The number of hydrogen-bond donors (Lipinski definition) is 0. The van der Waals surface area contributed by atoms with E-state index in [0.717, 1.165) is 19.5 Å². The van der Waals surface area contributed by atoms with E-state index in [2.05, 4.69) is 9.97 Å². The molecule has 2 saturated heterocycles. The number of rotatable bonds is 1. The lowest BCUT2D eigenvalue weighted by molar-refractivity contribution is -0.128. The Hall–Kier alpha value is -1.98. The lowest BCUT2D eigenvalue weighted by Gasteiger charge is -2.47. The molecule has 19 heavy (non-hydrogen) atoms. The van der Waals surface area contributed by atoms with Crippen LogP contribution in [0.25, 0.3) is 0 Å². The molecule has 6 heteroatoms. The minimum atomic E-state index is -0.0694. The molecule has 2 aliphatic rings. The first-order valence-electron chi connectivity index (χ1n) is 6.40. The monoisotopic (exact) mass is 260 g/mol. The average Bonchev–Trinajstić information content (AvgIpc) is 2.83. The molecule has 0 unspecified atom stereocenters. The summed E-state index contributed by atoms with van der Waals surface area (Å²) in [5, 5.41) is 0. The summed E-state index contributed by atoms with van der Waals surface area (Å²) in [4.78, 5) is 35.0. The Morgan fingerprint density at radius 1 is 1.21 bits per heavy atom. The van der Waals surface area contributed by atoms with E-state index < -0.39 is 0 Å². The van der Waals surface area contributed by atoms with E-state index in [1.54, 1.807) is 18.0 Å². The van der Waals surface area contributed by atoms with Crippen molar-refractivity contribution in [2.45, 2.75) is 13.3 Å². The highest BCUT2D eigenvalue weighted by Gasteiger charge is 2.50. The molecule has 2 amide bonds. The molecule has 0 N–H and O–H groups in total. The van der Waals surface area contributed by atoms with Gasteiger partial charge < -0.3 is 9.80 Å². The third-order valence-corrected chi connectivity index (χ3v) is 4.01. The van der Waals surface area contributed by atoms with E-state index in [4.69, 9.17) is 0 Å². The summed E-state index contributed by atoms with van der Waals surface area (Å²) < 4.78 is 0. The van der Waals surface area contributed by atoms with Gasteiger partial charge in [-0.3, -0.25) is 14.6 Å². The number of amides is 2. The Morgan fingerprint density at radius 2 is 1.95 bits per heavy atom. The smallest absolute Gasteiger partial charge is 0.274 e. The highest BCUT2D eigenvalue weighted by atomic mass is 16.2. The zero-order valence-corrected chi connectivity index (χ0v) is 10.9. The van der Waals surface area contributed by atoms with Crippen LogP contribution in [0.2, 0.25) is 0 Å². The summed E-state index contributed by atoms with van der Waals surface area (Å²) in [6, 6.07) is 0. The van der Waals surface area contributed by atoms with Gasteiger partial charge >= 0.3 is 0 Å². The molecule has 1 aromatic heterocycles. The van der Waals surface area contributed by atoms with Gasteiger partial charge in [0.05, 0.1) is 6.20 Å². The van der Waals surface area contributed by atoms with Crippen LogP contribution in [0, 0.1) is 5.41 Å². The van der Waals surface area contributed by atoms with Gasteiger partial charge in [-0.25, -0.2) is 4.98 Å². The first-order valence-corrected chi connectivity index (χ1v) is 6.40. The van der Waals surface area contributed by atoms with Gasteiger partial charge in [0.25, 0.3) is 5.91 Å². The Kier molecular flexibility index (Phi) is 2.73. The minimum absolute atomic E-state index is 0.0694. The molecule has 0 atom stereocenters. The van der Waals surface area contributed by atoms with Crippen LogP contribution in [-0.2, 0) is 4.79 Å². The molecular weight excluding hydrogens is 244 g/mol. The van der Waals surface area contributed by atoms with Crippen LogP contribution < -0.4 is 0 Å². The van der Waals surface area contributed by atoms with Crippen molar-refractivity contribution < 1.29 is 9.59 Å². The van der Waals surface area contributed by atoms with Crippen LogP contribution in [-0.4, -0.2) is 57.8 Å². The second-order valence-corrected chi connectivity index (χ2v) is 5.44. The van der Waals surface area contributed by atoms with Crippen LogP contribution in [0.3, 0.4) is 0 Å². The average molecular weight is 260 g/mol. The summed E-state index contributed by atoms with van der Waals surface area (Å²) in [5.41, 5.74) is 0.502. The number of aromatic nitrogens is 2. The van der Waals surface area contributed by atoms with E-state index >= 15 is 0 Å². The largest absolute Gasteiger partial charge is 0.342 e. The van der Waals surface area contributed by atoms with Gasteiger partial charge in [0.2, 0.25) is 5.91 Å². The second-order valence-electron chi connectivity index (χ2n) is 5.44. The molecule has 6 nitrogen and oxygen atoms in total. The zero-order chi connectivity index (χ0) is 13.5. The quantitative estimate of drug-likeness (QED) is 0.722. The molecule has 3 heterocycles. The third kappa shape index (κ3) is 2.07. The van der Waals surface area contributed by atoms with Gasteiger partial charge in [-0.15, -0.1) is 0 Å². The maximum absolute atomic E-state index is 12.1. The number of carbonyl (C=O) groups excluding carboxylic acids is 2. The summed E-state index contributed by atoms with van der Waals surface area (Å²) >= 11 is 0. The fourth-order valence-electron chi connectivity index (χ4n) is 2.94. The van der Waals surface area contributed by atoms with Crippen LogP contribution in [0.4, 0.5) is 0 Å². The predicted molar refractivity (Wildman–Crippen MR) is 67.2 cm³/mol. The summed E-state index contributed by atoms with van der Waals surface area (Å²) in [6.45, 7) is 4.60. The van der Waals surface area contributed by atoms with Crippen molar-refractivity contribution in [1.29, 1.82) is 0 Å². The van der Waals surface area contributed by atoms with E-state index in [9.17, 15) is 9.59 Å². The van der Waals surface area contributed by atoms with Crippen LogP contribution >= 0.6 is 0 Å². The zero-order valence-electron chi connectivity index (χ0n) is 10.9. The molecule has 100 valence electrons. The first-order chi connectivity index (χ1) is 9.10. The van der Waals surface area contributed by atoms with Crippen molar-refractivity contribution in [3.05, 3.63) is 24.3 Å². The molecule has 1 aromatic rings. The number of hydrogen-bond acceptors (Lipinski definition) is 4. The summed E-state index contributed by atoms with van der Waals surface area (Å²) in [6.07, 6.45) is 5.55. The Bertz CT molecular complexity index is 511. The van der Waals surface area contributed by atoms with E-state index in [-0.39, 0.29) is 17.2 Å². The lowest BCUT2D eigenvalue weighted by atomic mass is 9.79. The molecule has 0 bridgehead atoms. The molecule has 2 aliphatic heterocycles. The second kappa shape index (κ2) is 4.29. The number of likely N-dealkylation sites (tertiary alicyclic amines) is 2. The number of carbonyl (C=O) groups is 2. The standard InChI is InChI=1S/C13H16N4O2/c1-10(18)16-5-2-13(7-16)8-17(9-13)12(19)11-6-14-3-4-15-11/h3-4,6H,2,5,7-9H2,1H3. The Labute approximate surface area is 111 Å². The van der Waals surface area contributed by atoms with Crippen molar-refractivity contribution in [3.8, 4) is 0 Å². The van der Waals surface area contributed by atoms with Gasteiger partial charge in [-0.05, 0) is 6.42 Å². The molecule has 0 radical (unpaired) electrons. The van der Waals surface area contributed by atoms with Gasteiger partial charge in [0.15, 0.2) is 0 Å². The fourth-order valence-corrected chi connectivity index (χ4v) is 2.94. The van der Waals surface area contributed by atoms with Crippen molar-refractivity contribution >= 4 is 11.8 Å². The maximum Gasteiger partial charge on any atom is 0.274 e. The highest BCUT2D eigenvalue weighted by molar-refractivity contribution is 5.92. The topological polar surface area (TPSA) is 66.4 Å². The molecule has 0 saturated carbocycles. The summed E-state index contributed by atoms with van der Waals surface area (Å²) in [7, 11) is 0. The highest BCUT2D eigenvalue weighted by Crippen LogP contribution is 2.39. The van der Waals surface area contributed by atoms with Gasteiger partial charge in [0, 0.05) is 50.9 Å². The van der Waals surface area contributed by atoms with Gasteiger partial charge in [-0.2, -0.15) is 0 Å². The SMILES string of the molecule is CC(=O)N1CCC2(C1)CN(C(=O)c1cnccn1)C2. The number of nitrogens with zero attached hydrogens (tertiary/aromatic N) is 4. The van der Waals surface area contributed by atoms with E-state index in [0.29, 0.717) is 18.8 Å². The Morgan fingerprint density at radius 3 is 2.53 bits per heavy atom. The van der Waals surface area contributed by atoms with Crippen LogP contribution in [0.15, 0.2) is 18.6 Å². The van der Waals surface area contributed by atoms with Crippen molar-refractivity contribution in [3.63, 3.8) is 0 Å². The first kappa shape index (κ1) is 12.1.